The highest BCUT2D eigenvalue weighted by molar-refractivity contribution is 9.10. The molecule has 184 valence electrons. The number of rotatable bonds is 6. The number of hydrogen-bond donors (Lipinski definition) is 1. The Hall–Kier alpha value is -3.62. The Bertz CT molecular complexity index is 1420. The van der Waals surface area contributed by atoms with Gasteiger partial charge in [0.15, 0.2) is 11.5 Å². The van der Waals surface area contributed by atoms with Crippen LogP contribution in [0.15, 0.2) is 64.6 Å². The minimum Gasteiger partial charge on any atom is -0.493 e. The molecule has 0 aromatic heterocycles. The first kappa shape index (κ1) is 25.5. The summed E-state index contributed by atoms with van der Waals surface area (Å²) in [4.78, 5) is 39.5. The topological polar surface area (TPSA) is 84.9 Å². The molecule has 1 saturated heterocycles. The average Bonchev–Trinajstić information content (AvgIpc) is 2.83. The van der Waals surface area contributed by atoms with Gasteiger partial charge in [0, 0.05) is 5.02 Å². The van der Waals surface area contributed by atoms with Gasteiger partial charge in [0.1, 0.15) is 12.2 Å². The van der Waals surface area contributed by atoms with Crippen molar-refractivity contribution in [3.05, 3.63) is 91.9 Å². The predicted molar refractivity (Wildman–Crippen MR) is 141 cm³/mol. The zero-order chi connectivity index (χ0) is 26.0. The Labute approximate surface area is 221 Å². The first-order valence-corrected chi connectivity index (χ1v) is 12.1. The first-order chi connectivity index (χ1) is 17.2. The van der Waals surface area contributed by atoms with E-state index in [1.165, 1.54) is 13.2 Å². The number of nitrogens with one attached hydrogen (secondary N) is 1. The van der Waals surface area contributed by atoms with Crippen molar-refractivity contribution in [2.24, 2.45) is 0 Å². The van der Waals surface area contributed by atoms with E-state index >= 15 is 0 Å². The number of carbonyl (C=O) groups is 3. The van der Waals surface area contributed by atoms with Crippen molar-refractivity contribution in [2.45, 2.75) is 20.5 Å². The van der Waals surface area contributed by atoms with E-state index in [1.54, 1.807) is 36.4 Å². The second kappa shape index (κ2) is 10.6. The maximum Gasteiger partial charge on any atom is 0.335 e. The number of anilines is 1. The molecule has 4 rings (SSSR count). The third-order valence-electron chi connectivity index (χ3n) is 5.75. The number of imide groups is 2. The van der Waals surface area contributed by atoms with Gasteiger partial charge in [0.25, 0.3) is 11.8 Å². The molecule has 4 amide bonds. The Balaban J connectivity index is 1.66. The van der Waals surface area contributed by atoms with Crippen LogP contribution in [-0.2, 0) is 16.2 Å². The summed E-state index contributed by atoms with van der Waals surface area (Å²) in [7, 11) is 1.49. The highest BCUT2D eigenvalue weighted by atomic mass is 79.9. The van der Waals surface area contributed by atoms with Gasteiger partial charge in [-0.05, 0) is 88.4 Å². The van der Waals surface area contributed by atoms with Crippen LogP contribution in [0.4, 0.5) is 10.5 Å². The number of benzene rings is 3. The minimum absolute atomic E-state index is 0.183. The summed E-state index contributed by atoms with van der Waals surface area (Å²) in [6, 6.07) is 15.2. The van der Waals surface area contributed by atoms with Crippen molar-refractivity contribution in [3.8, 4) is 11.5 Å². The molecule has 7 nitrogen and oxygen atoms in total. The summed E-state index contributed by atoms with van der Waals surface area (Å²) in [6.07, 6.45) is 1.41. The summed E-state index contributed by atoms with van der Waals surface area (Å²) in [5, 5.41) is 2.86. The maximum absolute atomic E-state index is 13.3. The van der Waals surface area contributed by atoms with Gasteiger partial charge in [-0.1, -0.05) is 35.9 Å². The molecule has 1 aliphatic heterocycles. The number of halogens is 2. The number of urea groups is 1. The highest BCUT2D eigenvalue weighted by Gasteiger charge is 2.37. The second-order valence-corrected chi connectivity index (χ2v) is 9.42. The van der Waals surface area contributed by atoms with E-state index in [0.29, 0.717) is 32.2 Å². The third-order valence-corrected chi connectivity index (χ3v) is 6.58. The number of hydrogen-bond acceptors (Lipinski definition) is 5. The minimum atomic E-state index is -0.792. The summed E-state index contributed by atoms with van der Waals surface area (Å²) in [5.74, 6) is -0.646. The van der Waals surface area contributed by atoms with Crippen LogP contribution in [0.5, 0.6) is 11.5 Å². The van der Waals surface area contributed by atoms with E-state index in [9.17, 15) is 14.4 Å². The molecule has 3 aromatic carbocycles. The molecular weight excluding hydrogens is 548 g/mol. The smallest absolute Gasteiger partial charge is 0.335 e. The Morgan fingerprint density at radius 2 is 1.81 bits per heavy atom. The fourth-order valence-electron chi connectivity index (χ4n) is 3.77. The number of amides is 4. The molecule has 0 bridgehead atoms. The van der Waals surface area contributed by atoms with E-state index in [2.05, 4.69) is 21.2 Å². The van der Waals surface area contributed by atoms with E-state index in [-0.39, 0.29) is 12.2 Å². The van der Waals surface area contributed by atoms with Crippen molar-refractivity contribution in [2.75, 3.05) is 12.0 Å². The van der Waals surface area contributed by atoms with Crippen LogP contribution in [0.2, 0.25) is 5.02 Å². The molecule has 1 heterocycles. The zero-order valence-electron chi connectivity index (χ0n) is 19.7. The standard InChI is InChI=1S/C27H22BrClN2O5/c1-15-6-4-9-22(16(15)2)31-26(33)20(25(32)30-27(31)34)11-18-12-21(28)24(23(13-18)35-3)36-14-17-7-5-8-19(29)10-17/h4-13H,14H2,1-3H3,(H,30,32,34)/b20-11+. The number of nitrogens with zero attached hydrogens (tertiary/aromatic N) is 1. The van der Waals surface area contributed by atoms with E-state index in [0.717, 1.165) is 21.6 Å². The van der Waals surface area contributed by atoms with Crippen LogP contribution in [0, 0.1) is 13.8 Å². The lowest BCUT2D eigenvalue weighted by Crippen LogP contribution is -2.54. The van der Waals surface area contributed by atoms with E-state index in [1.807, 2.05) is 32.0 Å². The SMILES string of the molecule is COc1cc(/C=C2\C(=O)NC(=O)N(c3cccc(C)c3C)C2=O)cc(Br)c1OCc1cccc(Cl)c1. The molecule has 0 unspecified atom stereocenters. The highest BCUT2D eigenvalue weighted by Crippen LogP contribution is 2.38. The molecule has 0 spiro atoms. The van der Waals surface area contributed by atoms with Gasteiger partial charge < -0.3 is 9.47 Å². The molecule has 0 saturated carbocycles. The fraction of sp³-hybridized carbons (Fsp3) is 0.148. The molecule has 0 atom stereocenters. The maximum atomic E-state index is 13.3. The molecule has 36 heavy (non-hydrogen) atoms. The molecule has 1 N–H and O–H groups in total. The van der Waals surface area contributed by atoms with Crippen molar-refractivity contribution >= 4 is 57.1 Å². The summed E-state index contributed by atoms with van der Waals surface area (Å²) in [6.45, 7) is 3.95. The first-order valence-electron chi connectivity index (χ1n) is 10.9. The van der Waals surface area contributed by atoms with Crippen LogP contribution < -0.4 is 19.7 Å². The van der Waals surface area contributed by atoms with Crippen molar-refractivity contribution in [1.82, 2.24) is 5.32 Å². The predicted octanol–water partition coefficient (Wildman–Crippen LogP) is 5.97. The summed E-state index contributed by atoms with van der Waals surface area (Å²) < 4.78 is 12.0. The van der Waals surface area contributed by atoms with Gasteiger partial charge >= 0.3 is 6.03 Å². The van der Waals surface area contributed by atoms with Crippen molar-refractivity contribution < 1.29 is 23.9 Å². The van der Waals surface area contributed by atoms with E-state index in [4.69, 9.17) is 21.1 Å². The van der Waals surface area contributed by atoms with Crippen LogP contribution in [0.3, 0.4) is 0 Å². The second-order valence-electron chi connectivity index (χ2n) is 8.13. The van der Waals surface area contributed by atoms with Crippen molar-refractivity contribution in [3.63, 3.8) is 0 Å². The number of ether oxygens (including phenoxy) is 2. The van der Waals surface area contributed by atoms with E-state index < -0.39 is 17.8 Å². The largest absolute Gasteiger partial charge is 0.493 e. The van der Waals surface area contributed by atoms with Gasteiger partial charge in [-0.3, -0.25) is 14.9 Å². The normalized spacial score (nSPS) is 14.8. The molecule has 3 aromatic rings. The van der Waals surface area contributed by atoms with Crippen molar-refractivity contribution in [1.29, 1.82) is 0 Å². The Morgan fingerprint density at radius 3 is 2.53 bits per heavy atom. The van der Waals surface area contributed by atoms with Gasteiger partial charge in [0.2, 0.25) is 0 Å². The van der Waals surface area contributed by atoms with Gasteiger partial charge in [0.05, 0.1) is 17.3 Å². The molecule has 1 aliphatic rings. The molecule has 9 heteroatoms. The monoisotopic (exact) mass is 568 g/mol. The quantitative estimate of drug-likeness (QED) is 0.292. The average molecular weight is 570 g/mol. The number of methoxy groups -OCH3 is 1. The van der Waals surface area contributed by atoms with Gasteiger partial charge in [-0.25, -0.2) is 9.69 Å². The molecular formula is C27H22BrClN2O5. The van der Waals surface area contributed by atoms with Gasteiger partial charge in [-0.15, -0.1) is 0 Å². The lowest BCUT2D eigenvalue weighted by atomic mass is 10.0. The van der Waals surface area contributed by atoms with Crippen LogP contribution >= 0.6 is 27.5 Å². The molecule has 0 radical (unpaired) electrons. The number of barbiturate groups is 1. The third kappa shape index (κ3) is 5.15. The summed E-state index contributed by atoms with van der Waals surface area (Å²) in [5.41, 5.74) is 3.29. The van der Waals surface area contributed by atoms with Crippen LogP contribution in [0.1, 0.15) is 22.3 Å². The zero-order valence-corrected chi connectivity index (χ0v) is 22.1. The lowest BCUT2D eigenvalue weighted by molar-refractivity contribution is -0.122. The van der Waals surface area contributed by atoms with Crippen LogP contribution in [-0.4, -0.2) is 25.0 Å². The molecule has 1 fully saturated rings. The Morgan fingerprint density at radius 1 is 1.06 bits per heavy atom. The number of carbonyl (C=O) groups excluding carboxylic acids is 3. The fourth-order valence-corrected chi connectivity index (χ4v) is 4.55. The summed E-state index contributed by atoms with van der Waals surface area (Å²) >= 11 is 9.53. The lowest BCUT2D eigenvalue weighted by Gasteiger charge is -2.28. The number of aryl methyl sites for hydroxylation is 1. The Kier molecular flexibility index (Phi) is 7.47. The van der Waals surface area contributed by atoms with Gasteiger partial charge in [-0.2, -0.15) is 0 Å². The van der Waals surface area contributed by atoms with Crippen LogP contribution in [0.25, 0.3) is 6.08 Å². The molecule has 0 aliphatic carbocycles.